The lowest BCUT2D eigenvalue weighted by Gasteiger charge is -2.14. The molecule has 1 aromatic rings. The van der Waals surface area contributed by atoms with Gasteiger partial charge in [-0.2, -0.15) is 13.2 Å². The van der Waals surface area contributed by atoms with Crippen molar-refractivity contribution in [3.8, 4) is 11.5 Å². The molecule has 1 aromatic carbocycles. The molecule has 0 radical (unpaired) electrons. The highest BCUT2D eigenvalue weighted by atomic mass is 35.5. The summed E-state index contributed by atoms with van der Waals surface area (Å²) in [5, 5.41) is 9.07. The van der Waals surface area contributed by atoms with Crippen LogP contribution in [0.5, 0.6) is 11.5 Å². The summed E-state index contributed by atoms with van der Waals surface area (Å²) >= 11 is 5.69. The molecule has 0 spiro atoms. The van der Waals surface area contributed by atoms with Crippen LogP contribution in [0.2, 0.25) is 5.02 Å². The third kappa shape index (κ3) is 4.78. The molecule has 5 nitrogen and oxygen atoms in total. The summed E-state index contributed by atoms with van der Waals surface area (Å²) in [6.07, 6.45) is -4.50. The van der Waals surface area contributed by atoms with Crippen molar-refractivity contribution < 1.29 is 37.3 Å². The highest BCUT2D eigenvalue weighted by molar-refractivity contribution is 6.31. The maximum Gasteiger partial charge on any atom is 0.411 e. The minimum absolute atomic E-state index is 0.0227. The molecule has 9 heteroatoms. The number of halogens is 4. The third-order valence-electron chi connectivity index (χ3n) is 2.02. The zero-order chi connectivity index (χ0) is 15.3. The highest BCUT2D eigenvalue weighted by Crippen LogP contribution is 2.34. The smallest absolute Gasteiger partial charge is 0.411 e. The van der Waals surface area contributed by atoms with Gasteiger partial charge in [0.05, 0.1) is 7.11 Å². The van der Waals surface area contributed by atoms with Crippen molar-refractivity contribution in [2.75, 3.05) is 20.5 Å². The van der Waals surface area contributed by atoms with Gasteiger partial charge in [-0.05, 0) is 6.07 Å². The topological polar surface area (TPSA) is 65.0 Å². The Labute approximate surface area is 116 Å². The first-order valence-electron chi connectivity index (χ1n) is 5.12. The van der Waals surface area contributed by atoms with E-state index >= 15 is 0 Å². The van der Waals surface area contributed by atoms with Gasteiger partial charge in [-0.15, -0.1) is 0 Å². The minimum atomic E-state index is -4.50. The van der Waals surface area contributed by atoms with Crippen LogP contribution in [0.4, 0.5) is 13.2 Å². The van der Waals surface area contributed by atoms with Crippen molar-refractivity contribution >= 4 is 17.6 Å². The van der Waals surface area contributed by atoms with Crippen LogP contribution < -0.4 is 9.47 Å². The molecular weight excluding hydrogens is 305 g/mol. The first-order chi connectivity index (χ1) is 9.24. The molecule has 0 heterocycles. The lowest BCUT2D eigenvalue weighted by atomic mass is 10.2. The maximum atomic E-state index is 11.9. The van der Waals surface area contributed by atoms with Gasteiger partial charge in [-0.25, -0.2) is 4.79 Å². The summed E-state index contributed by atoms with van der Waals surface area (Å²) in [5.41, 5.74) is -0.343. The fraction of sp³-hybridized carbons (Fsp3) is 0.364. The summed E-state index contributed by atoms with van der Waals surface area (Å²) in [6.45, 7) is -2.29. The number of rotatable bonds is 6. The predicted octanol–water partition coefficient (Wildman–Crippen LogP) is 2.96. The van der Waals surface area contributed by atoms with E-state index < -0.39 is 25.5 Å². The van der Waals surface area contributed by atoms with Crippen LogP contribution in [-0.2, 0) is 4.74 Å². The van der Waals surface area contributed by atoms with Crippen molar-refractivity contribution in [2.24, 2.45) is 0 Å². The van der Waals surface area contributed by atoms with Crippen LogP contribution in [-0.4, -0.2) is 37.8 Å². The standard InChI is InChI=1S/C11H10ClF3O5/c1-18-8-3-6(12)2-7(10(16)17)9(8)20-5-19-4-11(13,14)15/h2-3H,4-5H2,1H3,(H,16,17). The Bertz CT molecular complexity index is 490. The van der Waals surface area contributed by atoms with Gasteiger partial charge in [0.1, 0.15) is 12.2 Å². The Kier molecular flexibility index (Phi) is 5.46. The van der Waals surface area contributed by atoms with Crippen molar-refractivity contribution in [3.63, 3.8) is 0 Å². The second-order valence-electron chi connectivity index (χ2n) is 3.52. The van der Waals surface area contributed by atoms with E-state index in [1.165, 1.54) is 13.2 Å². The SMILES string of the molecule is COc1cc(Cl)cc(C(=O)O)c1OCOCC(F)(F)F. The van der Waals surface area contributed by atoms with Crippen molar-refractivity contribution in [3.05, 3.63) is 22.7 Å². The number of alkyl halides is 3. The van der Waals surface area contributed by atoms with Crippen LogP contribution in [0.15, 0.2) is 12.1 Å². The average Bonchev–Trinajstić information content (AvgIpc) is 2.33. The summed E-state index contributed by atoms with van der Waals surface area (Å²) in [5.74, 6) is -1.64. The molecule has 0 atom stereocenters. The minimum Gasteiger partial charge on any atom is -0.493 e. The van der Waals surface area contributed by atoms with Crippen molar-refractivity contribution in [1.29, 1.82) is 0 Å². The number of carboxylic acids is 1. The molecule has 0 aliphatic carbocycles. The Morgan fingerprint density at radius 3 is 2.55 bits per heavy atom. The van der Waals surface area contributed by atoms with Crippen LogP contribution in [0.1, 0.15) is 10.4 Å². The fourth-order valence-corrected chi connectivity index (χ4v) is 1.49. The van der Waals surface area contributed by atoms with E-state index in [0.29, 0.717) is 0 Å². The highest BCUT2D eigenvalue weighted by Gasteiger charge is 2.27. The number of carbonyl (C=O) groups is 1. The molecule has 0 unspecified atom stereocenters. The summed E-state index contributed by atoms with van der Waals surface area (Å²) in [7, 11) is 1.24. The molecule has 0 bridgehead atoms. The molecule has 1 rings (SSSR count). The molecule has 1 N–H and O–H groups in total. The predicted molar refractivity (Wildman–Crippen MR) is 62.5 cm³/mol. The number of benzene rings is 1. The quantitative estimate of drug-likeness (QED) is 0.646. The number of methoxy groups -OCH3 is 1. The Morgan fingerprint density at radius 2 is 2.05 bits per heavy atom. The molecule has 0 aromatic heterocycles. The fourth-order valence-electron chi connectivity index (χ4n) is 1.29. The Balaban J connectivity index is 2.84. The summed E-state index contributed by atoms with van der Waals surface area (Å²) in [4.78, 5) is 11.0. The van der Waals surface area contributed by atoms with Crippen LogP contribution in [0.3, 0.4) is 0 Å². The maximum absolute atomic E-state index is 11.9. The molecule has 20 heavy (non-hydrogen) atoms. The summed E-state index contributed by atoms with van der Waals surface area (Å²) in [6, 6.07) is 2.36. The molecule has 0 aliphatic heterocycles. The second kappa shape index (κ2) is 6.67. The van der Waals surface area contributed by atoms with Crippen LogP contribution >= 0.6 is 11.6 Å². The molecule has 0 saturated heterocycles. The second-order valence-corrected chi connectivity index (χ2v) is 3.95. The molecule has 0 aliphatic rings. The first-order valence-corrected chi connectivity index (χ1v) is 5.50. The van der Waals surface area contributed by atoms with Gasteiger partial charge < -0.3 is 19.3 Å². The number of carboxylic acid groups (broad SMARTS) is 1. The molecular formula is C11H10ClF3O5. The number of hydrogen-bond acceptors (Lipinski definition) is 4. The van der Waals surface area contributed by atoms with E-state index in [1.807, 2.05) is 0 Å². The van der Waals surface area contributed by atoms with Crippen molar-refractivity contribution in [1.82, 2.24) is 0 Å². The zero-order valence-electron chi connectivity index (χ0n) is 10.2. The average molecular weight is 315 g/mol. The largest absolute Gasteiger partial charge is 0.493 e. The number of ether oxygens (including phenoxy) is 3. The van der Waals surface area contributed by atoms with Gasteiger partial charge in [-0.1, -0.05) is 11.6 Å². The van der Waals surface area contributed by atoms with E-state index in [-0.39, 0.29) is 22.1 Å². The van der Waals surface area contributed by atoms with Gasteiger partial charge in [0.2, 0.25) is 0 Å². The van der Waals surface area contributed by atoms with E-state index in [4.69, 9.17) is 26.2 Å². The summed E-state index contributed by atoms with van der Waals surface area (Å²) < 4.78 is 49.6. The van der Waals surface area contributed by atoms with Gasteiger partial charge in [0, 0.05) is 11.1 Å². The lowest BCUT2D eigenvalue weighted by molar-refractivity contribution is -0.186. The van der Waals surface area contributed by atoms with Gasteiger partial charge in [-0.3, -0.25) is 0 Å². The molecule has 0 saturated carbocycles. The normalized spacial score (nSPS) is 11.2. The van der Waals surface area contributed by atoms with Crippen LogP contribution in [0, 0.1) is 0 Å². The van der Waals surface area contributed by atoms with E-state index in [0.717, 1.165) is 6.07 Å². The van der Waals surface area contributed by atoms with E-state index in [2.05, 4.69) is 4.74 Å². The van der Waals surface area contributed by atoms with E-state index in [9.17, 15) is 18.0 Å². The zero-order valence-corrected chi connectivity index (χ0v) is 10.9. The van der Waals surface area contributed by atoms with Crippen LogP contribution in [0.25, 0.3) is 0 Å². The van der Waals surface area contributed by atoms with E-state index in [1.54, 1.807) is 0 Å². The monoisotopic (exact) mass is 314 g/mol. The van der Waals surface area contributed by atoms with Crippen molar-refractivity contribution in [2.45, 2.75) is 6.18 Å². The first kappa shape index (κ1) is 16.4. The third-order valence-corrected chi connectivity index (χ3v) is 2.24. The van der Waals surface area contributed by atoms with Gasteiger partial charge >= 0.3 is 12.1 Å². The lowest BCUT2D eigenvalue weighted by Crippen LogP contribution is -2.19. The Hall–Kier alpha value is -1.67. The molecule has 0 amide bonds. The molecule has 112 valence electrons. The number of hydrogen-bond donors (Lipinski definition) is 1. The molecule has 0 fully saturated rings. The number of aromatic carboxylic acids is 1. The Morgan fingerprint density at radius 1 is 1.40 bits per heavy atom. The van der Waals surface area contributed by atoms with Gasteiger partial charge in [0.25, 0.3) is 0 Å². The van der Waals surface area contributed by atoms with Gasteiger partial charge in [0.15, 0.2) is 18.3 Å².